The molecule has 0 aromatic heterocycles. The number of hydrogen-bond donors (Lipinski definition) is 3. The Morgan fingerprint density at radius 2 is 1.97 bits per heavy atom. The van der Waals surface area contributed by atoms with E-state index >= 15 is 0 Å². The zero-order valence-electron chi connectivity index (χ0n) is 16.4. The van der Waals surface area contributed by atoms with Crippen LogP contribution >= 0.6 is 11.6 Å². The molecule has 4 rings (SSSR count). The first-order valence-electron chi connectivity index (χ1n) is 9.72. The van der Waals surface area contributed by atoms with Crippen molar-refractivity contribution in [2.45, 2.75) is 25.2 Å². The number of aromatic hydroxyl groups is 1. The molecular formula is C23H19ClN4O3. The van der Waals surface area contributed by atoms with Crippen LogP contribution in [0.3, 0.4) is 0 Å². The Labute approximate surface area is 184 Å². The van der Waals surface area contributed by atoms with Crippen LogP contribution in [0.5, 0.6) is 5.75 Å². The zero-order chi connectivity index (χ0) is 22.1. The predicted octanol–water partition coefficient (Wildman–Crippen LogP) is 3.49. The molecule has 2 aliphatic rings. The van der Waals surface area contributed by atoms with Crippen LogP contribution < -0.4 is 11.2 Å². The van der Waals surface area contributed by atoms with E-state index in [2.05, 4.69) is 11.5 Å². The third kappa shape index (κ3) is 3.74. The van der Waals surface area contributed by atoms with Gasteiger partial charge in [-0.05, 0) is 54.8 Å². The molecule has 0 saturated heterocycles. The van der Waals surface area contributed by atoms with Gasteiger partial charge in [0, 0.05) is 28.3 Å². The zero-order valence-corrected chi connectivity index (χ0v) is 17.2. The van der Waals surface area contributed by atoms with E-state index in [0.717, 1.165) is 0 Å². The number of phenols is 1. The molecule has 2 aromatic rings. The summed E-state index contributed by atoms with van der Waals surface area (Å²) in [7, 11) is 0. The predicted molar refractivity (Wildman–Crippen MR) is 114 cm³/mol. The molecule has 1 unspecified atom stereocenters. The molecule has 2 aromatic carbocycles. The third-order valence-electron chi connectivity index (χ3n) is 5.44. The van der Waals surface area contributed by atoms with Crippen molar-refractivity contribution in [3.63, 3.8) is 0 Å². The van der Waals surface area contributed by atoms with Crippen molar-refractivity contribution < 1.29 is 14.7 Å². The van der Waals surface area contributed by atoms with Crippen LogP contribution in [0, 0.1) is 11.3 Å². The highest BCUT2D eigenvalue weighted by Crippen LogP contribution is 2.44. The Morgan fingerprint density at radius 3 is 2.65 bits per heavy atom. The molecule has 8 heteroatoms. The van der Waals surface area contributed by atoms with E-state index in [0.29, 0.717) is 46.7 Å². The van der Waals surface area contributed by atoms with Crippen molar-refractivity contribution >= 4 is 23.3 Å². The van der Waals surface area contributed by atoms with Crippen molar-refractivity contribution in [2.24, 2.45) is 5.73 Å². The summed E-state index contributed by atoms with van der Waals surface area (Å²) in [4.78, 5) is 25.8. The van der Waals surface area contributed by atoms with E-state index in [1.54, 1.807) is 24.3 Å². The number of phenolic OH excluding ortho intramolecular Hbond substituents is 1. The minimum atomic E-state index is -0.645. The molecule has 31 heavy (non-hydrogen) atoms. The summed E-state index contributed by atoms with van der Waals surface area (Å²) < 4.78 is 0. The minimum Gasteiger partial charge on any atom is -0.508 e. The van der Waals surface area contributed by atoms with Crippen molar-refractivity contribution in [3.05, 3.63) is 87.3 Å². The largest absolute Gasteiger partial charge is 0.508 e. The van der Waals surface area contributed by atoms with Gasteiger partial charge >= 0.3 is 0 Å². The third-order valence-corrected chi connectivity index (χ3v) is 5.67. The molecule has 1 amide bonds. The van der Waals surface area contributed by atoms with Crippen LogP contribution in [0.25, 0.3) is 0 Å². The average Bonchev–Trinajstić information content (AvgIpc) is 2.75. The number of carbonyl (C=O) groups excluding carboxylic acids is 2. The van der Waals surface area contributed by atoms with Gasteiger partial charge < -0.3 is 10.8 Å². The minimum absolute atomic E-state index is 0.0351. The number of nitrogens with two attached hydrogens (primary N) is 1. The topological polar surface area (TPSA) is 119 Å². The second kappa shape index (κ2) is 8.17. The first-order chi connectivity index (χ1) is 14.9. The number of nitriles is 1. The van der Waals surface area contributed by atoms with Crippen LogP contribution in [0.4, 0.5) is 0 Å². The van der Waals surface area contributed by atoms with E-state index in [9.17, 15) is 20.0 Å². The Bertz CT molecular complexity index is 1180. The standard InChI is InChI=1S/C23H19ClN4O3/c24-15-4-1-3-14(11-15)20-17(12-25)22(26)28(18-5-2-6-19(30)21(18)20)27-23(31)13-7-9-16(29)10-8-13/h1,3-4,7-11,20,29H,2,5-6,26H2,(H,27,31). The van der Waals surface area contributed by atoms with Crippen LogP contribution in [0.1, 0.15) is 41.1 Å². The fraction of sp³-hybridized carbons (Fsp3) is 0.174. The number of hydrazine groups is 1. The molecule has 4 N–H and O–H groups in total. The molecule has 1 atom stereocenters. The molecule has 1 heterocycles. The van der Waals surface area contributed by atoms with Gasteiger partial charge in [0.05, 0.1) is 17.6 Å². The van der Waals surface area contributed by atoms with Crippen molar-refractivity contribution in [1.82, 2.24) is 10.4 Å². The lowest BCUT2D eigenvalue weighted by molar-refractivity contribution is -0.116. The Hall–Kier alpha value is -3.76. The highest BCUT2D eigenvalue weighted by molar-refractivity contribution is 6.30. The summed E-state index contributed by atoms with van der Waals surface area (Å²) in [6.07, 6.45) is 1.49. The van der Waals surface area contributed by atoms with Gasteiger partial charge in [-0.3, -0.25) is 15.0 Å². The molecular weight excluding hydrogens is 416 g/mol. The number of amides is 1. The lowest BCUT2D eigenvalue weighted by Gasteiger charge is -2.39. The Balaban J connectivity index is 1.81. The van der Waals surface area contributed by atoms with Gasteiger partial charge in [0.25, 0.3) is 5.91 Å². The number of allylic oxidation sites excluding steroid dienone is 3. The van der Waals surface area contributed by atoms with Gasteiger partial charge in [-0.25, -0.2) is 5.01 Å². The van der Waals surface area contributed by atoms with E-state index in [4.69, 9.17) is 17.3 Å². The highest BCUT2D eigenvalue weighted by atomic mass is 35.5. The normalized spacial score (nSPS) is 18.5. The molecule has 7 nitrogen and oxygen atoms in total. The highest BCUT2D eigenvalue weighted by Gasteiger charge is 2.40. The summed E-state index contributed by atoms with van der Waals surface area (Å²) >= 11 is 6.16. The molecule has 0 saturated carbocycles. The van der Waals surface area contributed by atoms with Crippen LogP contribution in [0.2, 0.25) is 5.02 Å². The first-order valence-corrected chi connectivity index (χ1v) is 10.1. The van der Waals surface area contributed by atoms with E-state index in [-0.39, 0.29) is 22.9 Å². The number of Topliss-reactive ketones (excluding diaryl/α,β-unsaturated/α-hetero) is 1. The Kier molecular flexibility index (Phi) is 5.40. The summed E-state index contributed by atoms with van der Waals surface area (Å²) in [5.41, 5.74) is 11.2. The van der Waals surface area contributed by atoms with Gasteiger partial charge in [-0.1, -0.05) is 23.7 Å². The van der Waals surface area contributed by atoms with Gasteiger partial charge in [0.2, 0.25) is 0 Å². The molecule has 0 radical (unpaired) electrons. The lowest BCUT2D eigenvalue weighted by Crippen LogP contribution is -2.48. The number of halogens is 1. The average molecular weight is 435 g/mol. The second-order valence-corrected chi connectivity index (χ2v) is 7.80. The van der Waals surface area contributed by atoms with Crippen LogP contribution in [-0.2, 0) is 4.79 Å². The number of ketones is 1. The van der Waals surface area contributed by atoms with E-state index in [1.165, 1.54) is 29.3 Å². The summed E-state index contributed by atoms with van der Waals surface area (Å²) in [6, 6.07) is 14.9. The SMILES string of the molecule is N#CC1=C(N)N(NC(=O)c2ccc(O)cc2)C2=C(C(=O)CCC2)C1c1cccc(Cl)c1. The maximum Gasteiger partial charge on any atom is 0.270 e. The van der Waals surface area contributed by atoms with Gasteiger partial charge in [0.1, 0.15) is 11.6 Å². The van der Waals surface area contributed by atoms with Gasteiger partial charge in [-0.15, -0.1) is 0 Å². The summed E-state index contributed by atoms with van der Waals surface area (Å²) in [5, 5.41) is 21.2. The number of nitrogens with one attached hydrogen (secondary N) is 1. The number of rotatable bonds is 3. The van der Waals surface area contributed by atoms with E-state index in [1.807, 2.05) is 0 Å². The molecule has 0 bridgehead atoms. The smallest absolute Gasteiger partial charge is 0.270 e. The molecule has 0 fully saturated rings. The fourth-order valence-corrected chi connectivity index (χ4v) is 4.21. The van der Waals surface area contributed by atoms with Gasteiger partial charge in [0.15, 0.2) is 5.78 Å². The van der Waals surface area contributed by atoms with Crippen molar-refractivity contribution in [2.75, 3.05) is 0 Å². The summed E-state index contributed by atoms with van der Waals surface area (Å²) in [6.45, 7) is 0. The second-order valence-electron chi connectivity index (χ2n) is 7.36. The van der Waals surface area contributed by atoms with Crippen molar-refractivity contribution in [1.29, 1.82) is 5.26 Å². The van der Waals surface area contributed by atoms with Crippen molar-refractivity contribution in [3.8, 4) is 11.8 Å². The molecule has 1 aliphatic carbocycles. The van der Waals surface area contributed by atoms with E-state index < -0.39 is 11.8 Å². The fourth-order valence-electron chi connectivity index (χ4n) is 4.01. The van der Waals surface area contributed by atoms with Crippen LogP contribution in [0.15, 0.2) is 71.2 Å². The van der Waals surface area contributed by atoms with Crippen LogP contribution in [-0.4, -0.2) is 21.8 Å². The molecule has 0 spiro atoms. The monoisotopic (exact) mass is 434 g/mol. The maximum atomic E-state index is 13.0. The van der Waals surface area contributed by atoms with Gasteiger partial charge in [-0.2, -0.15) is 5.26 Å². The first kappa shape index (κ1) is 20.5. The molecule has 156 valence electrons. The quantitative estimate of drug-likeness (QED) is 0.680. The summed E-state index contributed by atoms with van der Waals surface area (Å²) in [5.74, 6) is -1.11. The number of hydrogen-bond acceptors (Lipinski definition) is 6. The number of benzene rings is 2. The maximum absolute atomic E-state index is 13.0. The number of carbonyl (C=O) groups is 2. The lowest BCUT2D eigenvalue weighted by atomic mass is 9.76. The molecule has 1 aliphatic heterocycles. The Morgan fingerprint density at radius 1 is 1.23 bits per heavy atom. The number of nitrogens with zero attached hydrogens (tertiary/aromatic N) is 2.